The van der Waals surface area contributed by atoms with Crippen molar-refractivity contribution in [2.75, 3.05) is 6.61 Å². The van der Waals surface area contributed by atoms with Crippen LogP contribution in [-0.4, -0.2) is 22.6 Å². The number of benzene rings is 1. The van der Waals surface area contributed by atoms with Crippen molar-refractivity contribution in [3.63, 3.8) is 0 Å². The Morgan fingerprint density at radius 1 is 1.09 bits per heavy atom. The first-order valence-electron chi connectivity index (χ1n) is 8.31. The number of ether oxygens (including phenoxy) is 1. The van der Waals surface area contributed by atoms with Crippen molar-refractivity contribution in [2.24, 2.45) is 5.16 Å². The number of phenolic OH excluding ortho intramolecular Hbond substituents is 1. The van der Waals surface area contributed by atoms with Crippen LogP contribution in [0.5, 0.6) is 11.5 Å². The van der Waals surface area contributed by atoms with Crippen LogP contribution in [0.1, 0.15) is 70.4 Å². The lowest BCUT2D eigenvalue weighted by molar-refractivity contribution is 0.304. The molecule has 4 heteroatoms. The molecule has 1 aromatic carbocycles. The Hall–Kier alpha value is -1.71. The van der Waals surface area contributed by atoms with Crippen LogP contribution in [0.25, 0.3) is 0 Å². The van der Waals surface area contributed by atoms with E-state index in [0.717, 1.165) is 37.0 Å². The van der Waals surface area contributed by atoms with Gasteiger partial charge in [0.05, 0.1) is 12.3 Å². The molecular formula is C18H29NO3. The molecule has 0 unspecified atom stereocenters. The van der Waals surface area contributed by atoms with E-state index in [2.05, 4.69) is 19.0 Å². The van der Waals surface area contributed by atoms with E-state index in [9.17, 15) is 5.11 Å². The van der Waals surface area contributed by atoms with Crippen molar-refractivity contribution < 1.29 is 15.1 Å². The quantitative estimate of drug-likeness (QED) is 0.280. The largest absolute Gasteiger partial charge is 0.507 e. The molecule has 0 atom stereocenters. The Morgan fingerprint density at radius 2 is 1.82 bits per heavy atom. The van der Waals surface area contributed by atoms with Crippen molar-refractivity contribution in [2.45, 2.75) is 65.7 Å². The highest BCUT2D eigenvalue weighted by Gasteiger charge is 2.13. The average molecular weight is 307 g/mol. The van der Waals surface area contributed by atoms with Crippen LogP contribution in [0.2, 0.25) is 0 Å². The van der Waals surface area contributed by atoms with Gasteiger partial charge in [-0.3, -0.25) is 0 Å². The third-order valence-electron chi connectivity index (χ3n) is 3.77. The first kappa shape index (κ1) is 18.3. The second-order valence-corrected chi connectivity index (χ2v) is 5.68. The molecule has 4 nitrogen and oxygen atoms in total. The fourth-order valence-corrected chi connectivity index (χ4v) is 2.36. The van der Waals surface area contributed by atoms with Crippen LogP contribution in [-0.2, 0) is 6.42 Å². The molecule has 0 bridgehead atoms. The molecule has 0 aliphatic carbocycles. The number of unbranched alkanes of at least 4 members (excludes halogenated alkanes) is 4. The summed E-state index contributed by atoms with van der Waals surface area (Å²) in [6.07, 6.45) is 7.70. The zero-order valence-electron chi connectivity index (χ0n) is 14.1. The maximum Gasteiger partial charge on any atom is 0.128 e. The summed E-state index contributed by atoms with van der Waals surface area (Å²) in [6, 6.07) is 3.53. The number of aromatic hydroxyl groups is 1. The lowest BCUT2D eigenvalue weighted by Gasteiger charge is -2.14. The molecule has 0 aliphatic heterocycles. The summed E-state index contributed by atoms with van der Waals surface area (Å²) in [7, 11) is 0. The van der Waals surface area contributed by atoms with Crippen molar-refractivity contribution in [1.82, 2.24) is 0 Å². The van der Waals surface area contributed by atoms with E-state index in [1.54, 1.807) is 13.0 Å². The minimum Gasteiger partial charge on any atom is -0.507 e. The summed E-state index contributed by atoms with van der Waals surface area (Å²) >= 11 is 0. The van der Waals surface area contributed by atoms with E-state index >= 15 is 0 Å². The molecule has 0 saturated carbocycles. The summed E-state index contributed by atoms with van der Waals surface area (Å²) in [5, 5.41) is 22.2. The van der Waals surface area contributed by atoms with E-state index in [0.29, 0.717) is 17.9 Å². The van der Waals surface area contributed by atoms with E-state index < -0.39 is 0 Å². The minimum atomic E-state index is 0.0964. The zero-order chi connectivity index (χ0) is 16.4. The molecule has 0 fully saturated rings. The van der Waals surface area contributed by atoms with Gasteiger partial charge < -0.3 is 15.1 Å². The first-order valence-corrected chi connectivity index (χ1v) is 8.31. The van der Waals surface area contributed by atoms with Crippen LogP contribution in [0.15, 0.2) is 17.3 Å². The van der Waals surface area contributed by atoms with Crippen LogP contribution < -0.4 is 4.74 Å². The molecular weight excluding hydrogens is 278 g/mol. The molecule has 1 rings (SSSR count). The minimum absolute atomic E-state index is 0.0964. The Kier molecular flexibility index (Phi) is 8.41. The van der Waals surface area contributed by atoms with Gasteiger partial charge in [0.25, 0.3) is 0 Å². The topological polar surface area (TPSA) is 62.1 Å². The number of phenols is 1. The van der Waals surface area contributed by atoms with Crippen LogP contribution in [0.4, 0.5) is 0 Å². The highest BCUT2D eigenvalue weighted by atomic mass is 16.5. The van der Waals surface area contributed by atoms with Gasteiger partial charge in [0, 0.05) is 11.6 Å². The number of nitrogens with zero attached hydrogens (tertiary/aromatic N) is 1. The van der Waals surface area contributed by atoms with E-state index in [1.807, 2.05) is 6.07 Å². The number of hydrogen-bond acceptors (Lipinski definition) is 4. The van der Waals surface area contributed by atoms with Gasteiger partial charge in [-0.25, -0.2) is 0 Å². The SMILES string of the molecule is CCCCCCc1cc(/C(C)=N\O)c(O)cc1OCCCC. The van der Waals surface area contributed by atoms with Gasteiger partial charge in [-0.05, 0) is 37.8 Å². The highest BCUT2D eigenvalue weighted by Crippen LogP contribution is 2.30. The van der Waals surface area contributed by atoms with Gasteiger partial charge >= 0.3 is 0 Å². The normalized spacial score (nSPS) is 11.7. The second-order valence-electron chi connectivity index (χ2n) is 5.68. The third kappa shape index (κ3) is 5.58. The molecule has 124 valence electrons. The van der Waals surface area contributed by atoms with E-state index in [4.69, 9.17) is 9.94 Å². The summed E-state index contributed by atoms with van der Waals surface area (Å²) in [5.41, 5.74) is 2.05. The predicted octanol–water partition coefficient (Wildman–Crippen LogP) is 4.89. The van der Waals surface area contributed by atoms with E-state index in [1.165, 1.54) is 19.3 Å². The maximum atomic E-state index is 10.1. The van der Waals surface area contributed by atoms with Gasteiger partial charge in [0.2, 0.25) is 0 Å². The fourth-order valence-electron chi connectivity index (χ4n) is 2.36. The molecule has 2 N–H and O–H groups in total. The Balaban J connectivity index is 2.93. The van der Waals surface area contributed by atoms with Crippen LogP contribution >= 0.6 is 0 Å². The van der Waals surface area contributed by atoms with E-state index in [-0.39, 0.29) is 5.75 Å². The molecule has 0 heterocycles. The monoisotopic (exact) mass is 307 g/mol. The van der Waals surface area contributed by atoms with Crippen molar-refractivity contribution in [3.8, 4) is 11.5 Å². The molecule has 1 aromatic rings. The smallest absolute Gasteiger partial charge is 0.128 e. The number of rotatable bonds is 10. The fraction of sp³-hybridized carbons (Fsp3) is 0.611. The maximum absolute atomic E-state index is 10.1. The summed E-state index contributed by atoms with van der Waals surface area (Å²) in [6.45, 7) is 6.65. The molecule has 0 radical (unpaired) electrons. The summed E-state index contributed by atoms with van der Waals surface area (Å²) < 4.78 is 5.82. The average Bonchev–Trinajstić information content (AvgIpc) is 2.52. The van der Waals surface area contributed by atoms with Gasteiger partial charge in [-0.2, -0.15) is 0 Å². The second kappa shape index (κ2) is 10.1. The Bertz CT molecular complexity index is 483. The predicted molar refractivity (Wildman–Crippen MR) is 90.4 cm³/mol. The molecule has 0 amide bonds. The highest BCUT2D eigenvalue weighted by molar-refractivity contribution is 6.01. The lowest BCUT2D eigenvalue weighted by Crippen LogP contribution is -2.03. The van der Waals surface area contributed by atoms with Gasteiger partial charge in [-0.1, -0.05) is 44.7 Å². The Labute approximate surface area is 133 Å². The summed E-state index contributed by atoms with van der Waals surface area (Å²) in [5.74, 6) is 0.844. The molecule has 22 heavy (non-hydrogen) atoms. The molecule has 0 spiro atoms. The van der Waals surface area contributed by atoms with Gasteiger partial charge in [0.1, 0.15) is 11.5 Å². The standard InChI is InChI=1S/C18H29NO3/c1-4-6-8-9-10-15-12-16(14(3)19-21)17(20)13-18(15)22-11-7-5-2/h12-13,20-21H,4-11H2,1-3H3/b19-14-. The van der Waals surface area contributed by atoms with Crippen molar-refractivity contribution in [3.05, 3.63) is 23.3 Å². The molecule has 0 aromatic heterocycles. The van der Waals surface area contributed by atoms with Crippen LogP contribution in [0, 0.1) is 0 Å². The molecule has 0 saturated heterocycles. The lowest BCUT2D eigenvalue weighted by atomic mass is 10.00. The van der Waals surface area contributed by atoms with Crippen molar-refractivity contribution in [1.29, 1.82) is 0 Å². The van der Waals surface area contributed by atoms with Crippen molar-refractivity contribution >= 4 is 5.71 Å². The summed E-state index contributed by atoms with van der Waals surface area (Å²) in [4.78, 5) is 0. The number of oxime groups is 1. The zero-order valence-corrected chi connectivity index (χ0v) is 14.1. The first-order chi connectivity index (χ1) is 10.6. The Morgan fingerprint density at radius 3 is 2.45 bits per heavy atom. The number of hydrogen-bond donors (Lipinski definition) is 2. The van der Waals surface area contributed by atoms with Gasteiger partial charge in [-0.15, -0.1) is 0 Å². The van der Waals surface area contributed by atoms with Crippen LogP contribution in [0.3, 0.4) is 0 Å². The molecule has 0 aliphatic rings. The van der Waals surface area contributed by atoms with Gasteiger partial charge in [0.15, 0.2) is 0 Å². The number of aryl methyl sites for hydroxylation is 1. The third-order valence-corrected chi connectivity index (χ3v) is 3.77.